The van der Waals surface area contributed by atoms with Gasteiger partial charge in [-0.05, 0) is 90.6 Å². The highest BCUT2D eigenvalue weighted by Gasteiger charge is 2.37. The van der Waals surface area contributed by atoms with E-state index >= 15 is 0 Å². The Labute approximate surface area is 257 Å². The summed E-state index contributed by atoms with van der Waals surface area (Å²) < 4.78 is 87.2. The average molecular weight is 611 g/mol. The lowest BCUT2D eigenvalue weighted by atomic mass is 9.75. The van der Waals surface area contributed by atoms with E-state index in [1.54, 1.807) is 12.1 Å². The van der Waals surface area contributed by atoms with E-state index < -0.39 is 28.9 Å². The molecule has 0 saturated heterocycles. The molecule has 0 spiro atoms. The van der Waals surface area contributed by atoms with Gasteiger partial charge in [0.1, 0.15) is 0 Å². The van der Waals surface area contributed by atoms with E-state index in [2.05, 4.69) is 6.07 Å². The van der Waals surface area contributed by atoms with Crippen LogP contribution in [0.4, 0.5) is 26.3 Å². The van der Waals surface area contributed by atoms with Crippen molar-refractivity contribution in [3.63, 3.8) is 0 Å². The molecule has 44 heavy (non-hydrogen) atoms. The molecule has 0 saturated carbocycles. The van der Waals surface area contributed by atoms with Crippen molar-refractivity contribution >= 4 is 0 Å². The standard InChI is InChI=1S/C38H40F6/c1-34(2,3)24-18-23(19-25(20-24)35(4,5)6)33-29(27-14-10-12-16-31(27)37(39,40)41)21-26(36(7,8)9)22-30(33)28-15-11-13-17-32(28)38(42,43)44/h10-22H,1-9H3. The van der Waals surface area contributed by atoms with Crippen molar-refractivity contribution in [1.29, 1.82) is 0 Å². The quantitative estimate of drug-likeness (QED) is 0.203. The smallest absolute Gasteiger partial charge is 0.166 e. The van der Waals surface area contributed by atoms with Crippen LogP contribution < -0.4 is 0 Å². The molecule has 0 atom stereocenters. The Morgan fingerprint density at radius 1 is 0.386 bits per heavy atom. The van der Waals surface area contributed by atoms with Crippen molar-refractivity contribution in [3.05, 3.63) is 107 Å². The molecule has 0 fully saturated rings. The summed E-state index contributed by atoms with van der Waals surface area (Å²) in [5, 5.41) is 0. The molecule has 4 rings (SSSR count). The zero-order chi connectivity index (χ0) is 33.0. The highest BCUT2D eigenvalue weighted by molar-refractivity contribution is 5.97. The van der Waals surface area contributed by atoms with Crippen molar-refractivity contribution in [2.45, 2.75) is 90.9 Å². The van der Waals surface area contributed by atoms with Gasteiger partial charge in [0.05, 0.1) is 11.1 Å². The second kappa shape index (κ2) is 11.1. The predicted molar refractivity (Wildman–Crippen MR) is 169 cm³/mol. The fourth-order valence-corrected chi connectivity index (χ4v) is 5.38. The third-order valence-corrected chi connectivity index (χ3v) is 8.00. The number of halogens is 6. The van der Waals surface area contributed by atoms with Crippen LogP contribution in [0.15, 0.2) is 78.9 Å². The van der Waals surface area contributed by atoms with Gasteiger partial charge in [-0.25, -0.2) is 0 Å². The van der Waals surface area contributed by atoms with E-state index in [9.17, 15) is 26.3 Å². The number of benzene rings is 4. The van der Waals surface area contributed by atoms with Crippen LogP contribution in [-0.4, -0.2) is 0 Å². The molecule has 0 heterocycles. The molecule has 0 aliphatic carbocycles. The second-order valence-electron chi connectivity index (χ2n) is 14.6. The maximum atomic E-state index is 14.5. The normalized spacial score (nSPS) is 13.3. The summed E-state index contributed by atoms with van der Waals surface area (Å²) in [6, 6.07) is 20.0. The zero-order valence-electron chi connectivity index (χ0n) is 26.8. The maximum absolute atomic E-state index is 14.5. The molecular formula is C38H40F6. The van der Waals surface area contributed by atoms with Crippen LogP contribution >= 0.6 is 0 Å². The van der Waals surface area contributed by atoms with Crippen molar-refractivity contribution in [2.24, 2.45) is 0 Å². The molecular weight excluding hydrogens is 570 g/mol. The van der Waals surface area contributed by atoms with Crippen molar-refractivity contribution in [3.8, 4) is 33.4 Å². The number of hydrogen-bond acceptors (Lipinski definition) is 0. The van der Waals surface area contributed by atoms with Gasteiger partial charge in [-0.1, -0.05) is 117 Å². The Bertz CT molecular complexity index is 1560. The number of hydrogen-bond donors (Lipinski definition) is 0. The molecule has 0 aromatic heterocycles. The lowest BCUT2D eigenvalue weighted by molar-refractivity contribution is -0.137. The van der Waals surface area contributed by atoms with Crippen LogP contribution in [0.5, 0.6) is 0 Å². The van der Waals surface area contributed by atoms with E-state index in [0.717, 1.165) is 23.3 Å². The molecule has 0 bridgehead atoms. The molecule has 0 amide bonds. The van der Waals surface area contributed by atoms with Gasteiger partial charge in [-0.3, -0.25) is 0 Å². The molecule has 0 nitrogen and oxygen atoms in total. The average Bonchev–Trinajstić information content (AvgIpc) is 2.89. The van der Waals surface area contributed by atoms with Crippen LogP contribution in [0.3, 0.4) is 0 Å². The van der Waals surface area contributed by atoms with E-state index in [-0.39, 0.29) is 33.1 Å². The van der Waals surface area contributed by atoms with E-state index in [1.165, 1.54) is 36.4 Å². The van der Waals surface area contributed by atoms with Gasteiger partial charge in [-0.2, -0.15) is 26.3 Å². The molecule has 0 radical (unpaired) electrons. The molecule has 4 aromatic rings. The summed E-state index contributed by atoms with van der Waals surface area (Å²) in [5.41, 5.74) is 0.789. The molecule has 0 unspecified atom stereocenters. The Morgan fingerprint density at radius 3 is 1.02 bits per heavy atom. The third kappa shape index (κ3) is 6.90. The lowest BCUT2D eigenvalue weighted by Crippen LogP contribution is -2.17. The van der Waals surface area contributed by atoms with Gasteiger partial charge >= 0.3 is 12.4 Å². The first-order valence-corrected chi connectivity index (χ1v) is 14.7. The topological polar surface area (TPSA) is 0 Å². The molecule has 6 heteroatoms. The summed E-state index contributed by atoms with van der Waals surface area (Å²) in [7, 11) is 0. The molecule has 0 aliphatic heterocycles. The summed E-state index contributed by atoms with van der Waals surface area (Å²) >= 11 is 0. The highest BCUT2D eigenvalue weighted by Crippen LogP contribution is 2.49. The molecule has 234 valence electrons. The number of rotatable bonds is 3. The predicted octanol–water partition coefficient (Wildman–Crippen LogP) is 12.6. The number of alkyl halides is 6. The Balaban J connectivity index is 2.34. The van der Waals surface area contributed by atoms with Crippen molar-refractivity contribution in [1.82, 2.24) is 0 Å². The van der Waals surface area contributed by atoms with Crippen LogP contribution in [0.1, 0.15) is 90.1 Å². The first kappa shape index (κ1) is 33.4. The SMILES string of the molecule is CC(C)(C)c1cc(-c2c(-c3ccccc3C(F)(F)F)cc(C(C)(C)C)cc2-c2ccccc2C(F)(F)F)cc(C(C)(C)C)c1. The maximum Gasteiger partial charge on any atom is 0.417 e. The summed E-state index contributed by atoms with van der Waals surface area (Å²) in [5.74, 6) is 0. The summed E-state index contributed by atoms with van der Waals surface area (Å²) in [6.07, 6.45) is -9.36. The van der Waals surface area contributed by atoms with E-state index in [4.69, 9.17) is 0 Å². The molecule has 0 N–H and O–H groups in total. The Morgan fingerprint density at radius 2 is 0.705 bits per heavy atom. The summed E-state index contributed by atoms with van der Waals surface area (Å²) in [4.78, 5) is 0. The van der Waals surface area contributed by atoms with Crippen LogP contribution in [0, 0.1) is 0 Å². The van der Waals surface area contributed by atoms with Crippen LogP contribution in [-0.2, 0) is 28.6 Å². The lowest BCUT2D eigenvalue weighted by Gasteiger charge is -2.29. The van der Waals surface area contributed by atoms with Crippen LogP contribution in [0.2, 0.25) is 0 Å². The van der Waals surface area contributed by atoms with Crippen LogP contribution in [0.25, 0.3) is 33.4 Å². The second-order valence-corrected chi connectivity index (χ2v) is 14.6. The largest absolute Gasteiger partial charge is 0.417 e. The minimum atomic E-state index is -4.68. The van der Waals surface area contributed by atoms with Crippen molar-refractivity contribution < 1.29 is 26.3 Å². The van der Waals surface area contributed by atoms with Gasteiger partial charge < -0.3 is 0 Å². The van der Waals surface area contributed by atoms with Gasteiger partial charge in [0, 0.05) is 0 Å². The third-order valence-electron chi connectivity index (χ3n) is 8.00. The first-order valence-electron chi connectivity index (χ1n) is 14.7. The first-order chi connectivity index (χ1) is 20.0. The monoisotopic (exact) mass is 610 g/mol. The Hall–Kier alpha value is -3.54. The minimum Gasteiger partial charge on any atom is -0.166 e. The zero-order valence-corrected chi connectivity index (χ0v) is 26.8. The van der Waals surface area contributed by atoms with Gasteiger partial charge in [0.2, 0.25) is 0 Å². The van der Waals surface area contributed by atoms with E-state index in [1.807, 2.05) is 74.4 Å². The van der Waals surface area contributed by atoms with Gasteiger partial charge in [0.15, 0.2) is 0 Å². The minimum absolute atomic E-state index is 0.0784. The van der Waals surface area contributed by atoms with Crippen molar-refractivity contribution in [2.75, 3.05) is 0 Å². The molecule has 4 aromatic carbocycles. The van der Waals surface area contributed by atoms with Gasteiger partial charge in [0.25, 0.3) is 0 Å². The van der Waals surface area contributed by atoms with Gasteiger partial charge in [-0.15, -0.1) is 0 Å². The fraction of sp³-hybridized carbons (Fsp3) is 0.368. The molecule has 0 aliphatic rings. The highest BCUT2D eigenvalue weighted by atomic mass is 19.4. The Kier molecular flexibility index (Phi) is 8.43. The fourth-order valence-electron chi connectivity index (χ4n) is 5.38. The van der Waals surface area contributed by atoms with E-state index in [0.29, 0.717) is 16.7 Å². The summed E-state index contributed by atoms with van der Waals surface area (Å²) in [6.45, 7) is 18.0.